The number of nitrogens with zero attached hydrogens (tertiary/aromatic N) is 3. The van der Waals surface area contributed by atoms with Crippen molar-refractivity contribution in [3.05, 3.63) is 46.6 Å². The predicted molar refractivity (Wildman–Crippen MR) is 136 cm³/mol. The molecule has 2 N–H and O–H groups in total. The number of aliphatic carboxylic acids is 1. The van der Waals surface area contributed by atoms with Crippen LogP contribution in [0.5, 0.6) is 5.75 Å². The van der Waals surface area contributed by atoms with Gasteiger partial charge in [-0.3, -0.25) is 9.78 Å². The summed E-state index contributed by atoms with van der Waals surface area (Å²) in [6.07, 6.45) is 4.38. The third-order valence-corrected chi connectivity index (χ3v) is 8.66. The van der Waals surface area contributed by atoms with E-state index in [4.69, 9.17) is 16.3 Å². The number of carboxylic acid groups (broad SMARTS) is 1. The number of aliphatic hydroxyl groups is 1. The maximum Gasteiger partial charge on any atom is 0.308 e. The Hall–Kier alpha value is -1.91. The highest BCUT2D eigenvalue weighted by Crippen LogP contribution is 2.37. The molecule has 3 aromatic rings. The van der Waals surface area contributed by atoms with E-state index in [1.165, 1.54) is 0 Å². The molecule has 10 heteroatoms. The average molecular weight is 522 g/mol. The van der Waals surface area contributed by atoms with Gasteiger partial charge in [-0.1, -0.05) is 23.4 Å². The lowest BCUT2D eigenvalue weighted by molar-refractivity contribution is -0.146. The Morgan fingerprint density at radius 2 is 2.26 bits per heavy atom. The molecule has 2 unspecified atom stereocenters. The molecule has 1 saturated heterocycles. The van der Waals surface area contributed by atoms with E-state index in [2.05, 4.69) is 14.9 Å². The normalized spacial score (nSPS) is 19.9. The number of hydrogen-bond acceptors (Lipinski definition) is 8. The van der Waals surface area contributed by atoms with Crippen LogP contribution in [0.2, 0.25) is 5.02 Å². The summed E-state index contributed by atoms with van der Waals surface area (Å²) in [4.78, 5) is 22.9. The van der Waals surface area contributed by atoms with Crippen LogP contribution in [0, 0.1) is 11.8 Å². The molecule has 0 amide bonds. The van der Waals surface area contributed by atoms with Crippen LogP contribution >= 0.6 is 34.7 Å². The van der Waals surface area contributed by atoms with Gasteiger partial charge < -0.3 is 19.8 Å². The molecule has 0 saturated carbocycles. The second kappa shape index (κ2) is 11.7. The second-order valence-corrected chi connectivity index (χ2v) is 11.1. The molecule has 0 aliphatic carbocycles. The standard InChI is InChI=1S/C24H28ClN3O4S2/c1-32-16-3-4-20-17(12-16)22(19(25)13-27-20)21(29)5-2-15-6-8-28(14-18(15)23(30)31)9-11-34-24-26-7-10-33-24/h3-4,7,10,12-13,15,18,21,29H,2,5-6,8-9,11,14H2,1H3,(H,30,31)/t15?,18?,21-/m1/s1. The summed E-state index contributed by atoms with van der Waals surface area (Å²) in [5, 5.41) is 24.0. The second-order valence-electron chi connectivity index (χ2n) is 8.44. The number of halogens is 1. The number of methoxy groups -OCH3 is 1. The Morgan fingerprint density at radius 3 is 3.00 bits per heavy atom. The Labute approximate surface area is 212 Å². The van der Waals surface area contributed by atoms with Crippen molar-refractivity contribution in [2.45, 2.75) is 29.7 Å². The van der Waals surface area contributed by atoms with Gasteiger partial charge >= 0.3 is 5.97 Å². The quantitative estimate of drug-likeness (QED) is 0.360. The molecule has 1 aliphatic rings. The number of aliphatic hydroxyl groups excluding tert-OH is 1. The molecule has 3 atom stereocenters. The number of aromatic nitrogens is 2. The van der Waals surface area contributed by atoms with E-state index in [9.17, 15) is 15.0 Å². The zero-order valence-electron chi connectivity index (χ0n) is 18.9. The molecule has 34 heavy (non-hydrogen) atoms. The predicted octanol–water partition coefficient (Wildman–Crippen LogP) is 4.98. The van der Waals surface area contributed by atoms with Gasteiger partial charge in [-0.2, -0.15) is 0 Å². The van der Waals surface area contributed by atoms with Gasteiger partial charge in [-0.05, 0) is 49.9 Å². The van der Waals surface area contributed by atoms with Crippen LogP contribution in [0.15, 0.2) is 40.3 Å². The van der Waals surface area contributed by atoms with E-state index in [1.54, 1.807) is 42.6 Å². The fourth-order valence-electron chi connectivity index (χ4n) is 4.59. The van der Waals surface area contributed by atoms with Crippen LogP contribution in [0.1, 0.15) is 30.9 Å². The van der Waals surface area contributed by atoms with Gasteiger partial charge in [-0.25, -0.2) is 4.98 Å². The number of thiazole rings is 1. The Kier molecular flexibility index (Phi) is 8.65. The monoisotopic (exact) mass is 521 g/mol. The fourth-order valence-corrected chi connectivity index (χ4v) is 6.57. The first kappa shape index (κ1) is 25.2. The van der Waals surface area contributed by atoms with Crippen molar-refractivity contribution in [3.8, 4) is 5.75 Å². The van der Waals surface area contributed by atoms with Gasteiger partial charge in [0.1, 0.15) is 10.1 Å². The van der Waals surface area contributed by atoms with Crippen LogP contribution in [0.25, 0.3) is 10.9 Å². The number of carbonyl (C=O) groups is 1. The Bertz CT molecular complexity index is 1120. The van der Waals surface area contributed by atoms with Gasteiger partial charge in [-0.15, -0.1) is 11.3 Å². The lowest BCUT2D eigenvalue weighted by Crippen LogP contribution is -2.44. The van der Waals surface area contributed by atoms with Crippen molar-refractivity contribution in [2.24, 2.45) is 11.8 Å². The molecule has 0 spiro atoms. The SMILES string of the molecule is COc1ccc2ncc(Cl)c([C@H](O)CCC3CCN(CCSc4nccs4)CC3C(=O)O)c2c1. The molecule has 0 bridgehead atoms. The number of likely N-dealkylation sites (tertiary alicyclic amines) is 1. The van der Waals surface area contributed by atoms with E-state index in [0.717, 1.165) is 40.5 Å². The number of fused-ring (bicyclic) bond motifs is 1. The molecule has 182 valence electrons. The van der Waals surface area contributed by atoms with Crippen LogP contribution in [0.3, 0.4) is 0 Å². The topological polar surface area (TPSA) is 95.8 Å². The number of benzene rings is 1. The largest absolute Gasteiger partial charge is 0.497 e. The molecular formula is C24H28ClN3O4S2. The van der Waals surface area contributed by atoms with Crippen molar-refractivity contribution >= 4 is 51.6 Å². The molecule has 4 rings (SSSR count). The highest BCUT2D eigenvalue weighted by molar-refractivity contribution is 8.01. The minimum Gasteiger partial charge on any atom is -0.497 e. The fraction of sp³-hybridized carbons (Fsp3) is 0.458. The highest BCUT2D eigenvalue weighted by Gasteiger charge is 2.34. The first-order chi connectivity index (χ1) is 16.5. The molecule has 1 fully saturated rings. The number of hydrogen-bond donors (Lipinski definition) is 2. The van der Waals surface area contributed by atoms with E-state index in [0.29, 0.717) is 35.7 Å². The number of pyridine rings is 1. The highest BCUT2D eigenvalue weighted by atomic mass is 35.5. The van der Waals surface area contributed by atoms with E-state index < -0.39 is 18.0 Å². The molecule has 0 radical (unpaired) electrons. The van der Waals surface area contributed by atoms with Gasteiger partial charge in [0.25, 0.3) is 0 Å². The third-order valence-electron chi connectivity index (χ3n) is 6.41. The Morgan fingerprint density at radius 1 is 1.41 bits per heavy atom. The van der Waals surface area contributed by atoms with Gasteiger partial charge in [0, 0.05) is 47.6 Å². The third kappa shape index (κ3) is 6.01. The van der Waals surface area contributed by atoms with Crippen LogP contribution < -0.4 is 4.74 Å². The minimum absolute atomic E-state index is 0.0106. The van der Waals surface area contributed by atoms with Crippen LogP contribution in [-0.4, -0.2) is 63.5 Å². The molecule has 1 aliphatic heterocycles. The van der Waals surface area contributed by atoms with E-state index in [1.807, 2.05) is 23.6 Å². The van der Waals surface area contributed by atoms with Crippen molar-refractivity contribution < 1.29 is 19.7 Å². The molecule has 7 nitrogen and oxygen atoms in total. The summed E-state index contributed by atoms with van der Waals surface area (Å²) in [5.41, 5.74) is 1.35. The minimum atomic E-state index is -0.813. The zero-order chi connectivity index (χ0) is 24.1. The summed E-state index contributed by atoms with van der Waals surface area (Å²) < 4.78 is 6.36. The molecule has 2 aromatic heterocycles. The van der Waals surface area contributed by atoms with Crippen molar-refractivity contribution in [1.29, 1.82) is 0 Å². The van der Waals surface area contributed by atoms with E-state index in [-0.39, 0.29) is 5.92 Å². The van der Waals surface area contributed by atoms with Crippen molar-refractivity contribution in [2.75, 3.05) is 32.5 Å². The van der Waals surface area contributed by atoms with Crippen LogP contribution in [-0.2, 0) is 4.79 Å². The summed E-state index contributed by atoms with van der Waals surface area (Å²) in [6.45, 7) is 2.23. The first-order valence-corrected chi connectivity index (χ1v) is 13.5. The number of ether oxygens (including phenoxy) is 1. The summed E-state index contributed by atoms with van der Waals surface area (Å²) >= 11 is 9.76. The van der Waals surface area contributed by atoms with Gasteiger partial charge in [0.2, 0.25) is 0 Å². The number of thioether (sulfide) groups is 1. The van der Waals surface area contributed by atoms with Crippen LogP contribution in [0.4, 0.5) is 0 Å². The van der Waals surface area contributed by atoms with Gasteiger partial charge in [0.15, 0.2) is 0 Å². The lowest BCUT2D eigenvalue weighted by Gasteiger charge is -2.36. The number of carboxylic acids is 1. The van der Waals surface area contributed by atoms with E-state index >= 15 is 0 Å². The van der Waals surface area contributed by atoms with Gasteiger partial charge in [0.05, 0.1) is 29.7 Å². The average Bonchev–Trinajstić information content (AvgIpc) is 3.36. The first-order valence-electron chi connectivity index (χ1n) is 11.2. The summed E-state index contributed by atoms with van der Waals surface area (Å²) in [6, 6.07) is 5.48. The molecule has 3 heterocycles. The number of piperidine rings is 1. The molecular weight excluding hydrogens is 494 g/mol. The lowest BCUT2D eigenvalue weighted by atomic mass is 9.81. The smallest absolute Gasteiger partial charge is 0.308 e. The van der Waals surface area contributed by atoms with Crippen molar-refractivity contribution in [1.82, 2.24) is 14.9 Å². The Balaban J connectivity index is 1.38. The van der Waals surface area contributed by atoms with Crippen molar-refractivity contribution in [3.63, 3.8) is 0 Å². The maximum atomic E-state index is 12.0. The summed E-state index contributed by atoms with van der Waals surface area (Å²) in [5.74, 6) is 0.345. The molecule has 1 aromatic carbocycles. The maximum absolute atomic E-state index is 12.0. The number of rotatable bonds is 10. The summed E-state index contributed by atoms with van der Waals surface area (Å²) in [7, 11) is 1.59. The zero-order valence-corrected chi connectivity index (χ0v) is 21.3.